The van der Waals surface area contributed by atoms with Crippen LogP contribution in [0.2, 0.25) is 0 Å². The lowest BCUT2D eigenvalue weighted by molar-refractivity contribution is 0.552. The Morgan fingerprint density at radius 2 is 1.85 bits per heavy atom. The third kappa shape index (κ3) is 3.10. The standard InChI is InChI=1S/C15H24N4S/c1-9-12(4)20-15(17-9)8-13(16-5)7-14-10(2)18-19(6)11(14)3/h13,16H,7-8H2,1-6H3. The highest BCUT2D eigenvalue weighted by Gasteiger charge is 2.17. The number of aryl methyl sites for hydroxylation is 4. The fourth-order valence-electron chi connectivity index (χ4n) is 2.47. The van der Waals surface area contributed by atoms with Crippen LogP contribution in [0.15, 0.2) is 0 Å². The summed E-state index contributed by atoms with van der Waals surface area (Å²) in [6.45, 7) is 8.45. The molecular weight excluding hydrogens is 268 g/mol. The Hall–Kier alpha value is -1.20. The Morgan fingerprint density at radius 1 is 1.15 bits per heavy atom. The van der Waals surface area contributed by atoms with Crippen LogP contribution in [0.1, 0.15) is 32.5 Å². The summed E-state index contributed by atoms with van der Waals surface area (Å²) in [7, 11) is 4.03. The van der Waals surface area contributed by atoms with E-state index in [4.69, 9.17) is 0 Å². The molecule has 0 aromatic carbocycles. The van der Waals surface area contributed by atoms with E-state index in [1.165, 1.54) is 21.1 Å². The van der Waals surface area contributed by atoms with Gasteiger partial charge in [-0.1, -0.05) is 0 Å². The summed E-state index contributed by atoms with van der Waals surface area (Å²) in [5.74, 6) is 0. The maximum Gasteiger partial charge on any atom is 0.0946 e. The molecule has 0 fully saturated rings. The first-order valence-corrected chi connectivity index (χ1v) is 7.83. The number of nitrogens with zero attached hydrogens (tertiary/aromatic N) is 3. The van der Waals surface area contributed by atoms with Crippen molar-refractivity contribution in [3.05, 3.63) is 32.5 Å². The number of thiazole rings is 1. The highest BCUT2D eigenvalue weighted by molar-refractivity contribution is 7.11. The topological polar surface area (TPSA) is 42.7 Å². The van der Waals surface area contributed by atoms with Crippen LogP contribution in [0.4, 0.5) is 0 Å². The molecule has 110 valence electrons. The minimum atomic E-state index is 0.404. The molecule has 0 amide bonds. The lowest BCUT2D eigenvalue weighted by atomic mass is 10.0. The van der Waals surface area contributed by atoms with E-state index < -0.39 is 0 Å². The van der Waals surface area contributed by atoms with E-state index >= 15 is 0 Å². The zero-order valence-electron chi connectivity index (χ0n) is 13.2. The molecule has 2 aromatic rings. The predicted octanol–water partition coefficient (Wildman–Crippen LogP) is 2.48. The number of hydrogen-bond acceptors (Lipinski definition) is 4. The molecule has 0 radical (unpaired) electrons. The molecule has 5 heteroatoms. The monoisotopic (exact) mass is 292 g/mol. The van der Waals surface area contributed by atoms with Gasteiger partial charge in [-0.2, -0.15) is 5.10 Å². The van der Waals surface area contributed by atoms with Gasteiger partial charge >= 0.3 is 0 Å². The number of hydrogen-bond donors (Lipinski definition) is 1. The fourth-order valence-corrected chi connectivity index (χ4v) is 3.49. The molecule has 0 aliphatic carbocycles. The Labute approximate surface area is 125 Å². The van der Waals surface area contributed by atoms with Gasteiger partial charge in [0.15, 0.2) is 0 Å². The largest absolute Gasteiger partial charge is 0.316 e. The first kappa shape index (κ1) is 15.2. The highest BCUT2D eigenvalue weighted by atomic mass is 32.1. The summed E-state index contributed by atoms with van der Waals surface area (Å²) in [5, 5.41) is 9.14. The van der Waals surface area contributed by atoms with Crippen LogP contribution in [-0.2, 0) is 19.9 Å². The van der Waals surface area contributed by atoms with E-state index in [2.05, 4.69) is 43.1 Å². The van der Waals surface area contributed by atoms with Gasteiger partial charge in [0, 0.05) is 30.1 Å². The van der Waals surface area contributed by atoms with E-state index in [1.807, 2.05) is 30.1 Å². The lowest BCUT2D eigenvalue weighted by Gasteiger charge is -2.15. The summed E-state index contributed by atoms with van der Waals surface area (Å²) < 4.78 is 1.97. The molecule has 2 heterocycles. The minimum Gasteiger partial charge on any atom is -0.316 e. The van der Waals surface area contributed by atoms with Gasteiger partial charge in [-0.3, -0.25) is 4.68 Å². The van der Waals surface area contributed by atoms with Gasteiger partial charge in [-0.15, -0.1) is 11.3 Å². The first-order chi connectivity index (χ1) is 9.42. The zero-order chi connectivity index (χ0) is 14.9. The minimum absolute atomic E-state index is 0.404. The van der Waals surface area contributed by atoms with E-state index in [0.717, 1.165) is 24.2 Å². The second-order valence-electron chi connectivity index (χ2n) is 5.42. The maximum absolute atomic E-state index is 4.65. The van der Waals surface area contributed by atoms with Crippen molar-refractivity contribution in [1.29, 1.82) is 0 Å². The van der Waals surface area contributed by atoms with Gasteiger partial charge in [-0.05, 0) is 46.7 Å². The normalized spacial score (nSPS) is 12.9. The van der Waals surface area contributed by atoms with Gasteiger partial charge in [0.25, 0.3) is 0 Å². The van der Waals surface area contributed by atoms with Crippen LogP contribution in [0.3, 0.4) is 0 Å². The quantitative estimate of drug-likeness (QED) is 0.920. The molecule has 0 saturated heterocycles. The summed E-state index contributed by atoms with van der Waals surface area (Å²) in [6.07, 6.45) is 1.98. The zero-order valence-corrected chi connectivity index (χ0v) is 14.1. The van der Waals surface area contributed by atoms with Gasteiger partial charge in [0.2, 0.25) is 0 Å². The molecule has 2 rings (SSSR count). The van der Waals surface area contributed by atoms with Crippen molar-refractivity contribution in [2.45, 2.75) is 46.6 Å². The van der Waals surface area contributed by atoms with Gasteiger partial charge in [0.1, 0.15) is 0 Å². The van der Waals surface area contributed by atoms with Crippen LogP contribution in [0.25, 0.3) is 0 Å². The SMILES string of the molecule is CNC(Cc1nc(C)c(C)s1)Cc1c(C)nn(C)c1C. The third-order valence-corrected chi connectivity index (χ3v) is 5.11. The molecule has 1 N–H and O–H groups in total. The first-order valence-electron chi connectivity index (χ1n) is 7.01. The van der Waals surface area contributed by atoms with Crippen LogP contribution in [-0.4, -0.2) is 27.9 Å². The maximum atomic E-state index is 4.65. The van der Waals surface area contributed by atoms with E-state index in [0.29, 0.717) is 6.04 Å². The fraction of sp³-hybridized carbons (Fsp3) is 0.600. The Balaban J connectivity index is 2.13. The van der Waals surface area contributed by atoms with Gasteiger partial charge in [0.05, 0.1) is 16.4 Å². The predicted molar refractivity (Wildman–Crippen MR) is 84.5 cm³/mol. The summed E-state index contributed by atoms with van der Waals surface area (Å²) in [4.78, 5) is 5.97. The molecule has 0 spiro atoms. The Morgan fingerprint density at radius 3 is 2.30 bits per heavy atom. The van der Waals surface area contributed by atoms with Crippen molar-refractivity contribution in [2.75, 3.05) is 7.05 Å². The molecule has 1 unspecified atom stereocenters. The molecule has 0 aliphatic rings. The van der Waals surface area contributed by atoms with Crippen molar-refractivity contribution < 1.29 is 0 Å². The molecule has 0 aliphatic heterocycles. The average molecular weight is 292 g/mol. The molecule has 2 aromatic heterocycles. The molecule has 20 heavy (non-hydrogen) atoms. The highest BCUT2D eigenvalue weighted by Crippen LogP contribution is 2.20. The Kier molecular flexibility index (Phi) is 4.60. The van der Waals surface area contributed by atoms with Crippen molar-refractivity contribution in [3.8, 4) is 0 Å². The van der Waals surface area contributed by atoms with Gasteiger partial charge < -0.3 is 5.32 Å². The van der Waals surface area contributed by atoms with E-state index in [1.54, 1.807) is 0 Å². The number of nitrogens with one attached hydrogen (secondary N) is 1. The van der Waals surface area contributed by atoms with Crippen molar-refractivity contribution in [1.82, 2.24) is 20.1 Å². The summed E-state index contributed by atoms with van der Waals surface area (Å²) >= 11 is 1.81. The van der Waals surface area contributed by atoms with Crippen LogP contribution in [0.5, 0.6) is 0 Å². The average Bonchev–Trinajstić information content (AvgIpc) is 2.82. The van der Waals surface area contributed by atoms with Crippen LogP contribution < -0.4 is 5.32 Å². The van der Waals surface area contributed by atoms with E-state index in [-0.39, 0.29) is 0 Å². The van der Waals surface area contributed by atoms with E-state index in [9.17, 15) is 0 Å². The van der Waals surface area contributed by atoms with Crippen molar-refractivity contribution in [2.24, 2.45) is 7.05 Å². The molecule has 4 nitrogen and oxygen atoms in total. The molecule has 1 atom stereocenters. The lowest BCUT2D eigenvalue weighted by Crippen LogP contribution is -2.30. The van der Waals surface area contributed by atoms with Crippen molar-refractivity contribution >= 4 is 11.3 Å². The molecule has 0 bridgehead atoms. The number of rotatable bonds is 5. The third-order valence-electron chi connectivity index (χ3n) is 4.01. The second-order valence-corrected chi connectivity index (χ2v) is 6.70. The van der Waals surface area contributed by atoms with Crippen LogP contribution in [0, 0.1) is 27.7 Å². The number of aromatic nitrogens is 3. The summed E-state index contributed by atoms with van der Waals surface area (Å²) in [6, 6.07) is 0.404. The molecule has 0 saturated carbocycles. The smallest absolute Gasteiger partial charge is 0.0946 e. The van der Waals surface area contributed by atoms with Crippen LogP contribution >= 0.6 is 11.3 Å². The molecular formula is C15H24N4S. The summed E-state index contributed by atoms with van der Waals surface area (Å²) in [5.41, 5.74) is 4.91. The van der Waals surface area contributed by atoms with Gasteiger partial charge in [-0.25, -0.2) is 4.98 Å². The van der Waals surface area contributed by atoms with Crippen molar-refractivity contribution in [3.63, 3.8) is 0 Å². The second kappa shape index (κ2) is 6.06. The Bertz CT molecular complexity index is 578. The number of likely N-dealkylation sites (N-methyl/N-ethyl adjacent to an activating group) is 1.